The van der Waals surface area contributed by atoms with E-state index >= 15 is 0 Å². The number of benzene rings is 1. The third-order valence-electron chi connectivity index (χ3n) is 4.49. The molecule has 1 aromatic heterocycles. The van der Waals surface area contributed by atoms with Crippen LogP contribution < -0.4 is 14.4 Å². The summed E-state index contributed by atoms with van der Waals surface area (Å²) in [4.78, 5) is 18.8. The SMILES string of the molecule is COc1ccc(OC)c([C@@H]2C[C@@H]2C(=O)N(C)c2cccc(C)n2)c1. The number of pyridine rings is 1. The predicted octanol–water partition coefficient (Wildman–Crippen LogP) is 3.17. The molecule has 5 nitrogen and oxygen atoms in total. The van der Waals surface area contributed by atoms with E-state index in [2.05, 4.69) is 4.98 Å². The van der Waals surface area contributed by atoms with Crippen molar-refractivity contribution in [3.8, 4) is 11.5 Å². The van der Waals surface area contributed by atoms with Gasteiger partial charge in [0, 0.05) is 30.1 Å². The second-order valence-electron chi connectivity index (χ2n) is 6.09. The van der Waals surface area contributed by atoms with E-state index in [0.717, 1.165) is 29.2 Å². The van der Waals surface area contributed by atoms with Crippen molar-refractivity contribution in [2.75, 3.05) is 26.2 Å². The number of amides is 1. The van der Waals surface area contributed by atoms with Gasteiger partial charge in [0.25, 0.3) is 0 Å². The molecule has 1 aliphatic rings. The Morgan fingerprint density at radius 2 is 2.00 bits per heavy atom. The Bertz CT molecular complexity index is 760. The van der Waals surface area contributed by atoms with E-state index in [-0.39, 0.29) is 17.7 Å². The van der Waals surface area contributed by atoms with Gasteiger partial charge in [0.2, 0.25) is 5.91 Å². The molecule has 1 saturated carbocycles. The zero-order valence-electron chi connectivity index (χ0n) is 14.4. The minimum absolute atomic E-state index is 0.0432. The Hall–Kier alpha value is -2.56. The lowest BCUT2D eigenvalue weighted by Gasteiger charge is -2.17. The van der Waals surface area contributed by atoms with Gasteiger partial charge in [-0.2, -0.15) is 0 Å². The van der Waals surface area contributed by atoms with Crippen molar-refractivity contribution < 1.29 is 14.3 Å². The van der Waals surface area contributed by atoms with E-state index < -0.39 is 0 Å². The third kappa shape index (κ3) is 3.07. The highest BCUT2D eigenvalue weighted by Gasteiger charge is 2.47. The zero-order chi connectivity index (χ0) is 17.3. The van der Waals surface area contributed by atoms with Gasteiger partial charge in [-0.1, -0.05) is 6.07 Å². The quantitative estimate of drug-likeness (QED) is 0.847. The topological polar surface area (TPSA) is 51.7 Å². The lowest BCUT2D eigenvalue weighted by Crippen LogP contribution is -2.29. The van der Waals surface area contributed by atoms with E-state index in [0.29, 0.717) is 5.82 Å². The predicted molar refractivity (Wildman–Crippen MR) is 92.8 cm³/mol. The van der Waals surface area contributed by atoms with Crippen LogP contribution in [0.5, 0.6) is 11.5 Å². The van der Waals surface area contributed by atoms with E-state index in [1.54, 1.807) is 26.2 Å². The summed E-state index contributed by atoms with van der Waals surface area (Å²) in [6, 6.07) is 11.4. The van der Waals surface area contributed by atoms with E-state index in [1.165, 1.54) is 0 Å². The molecular formula is C19H22N2O3. The Morgan fingerprint density at radius 3 is 2.67 bits per heavy atom. The first-order valence-corrected chi connectivity index (χ1v) is 7.98. The fraction of sp³-hybridized carbons (Fsp3) is 0.368. The van der Waals surface area contributed by atoms with E-state index in [9.17, 15) is 4.79 Å². The average Bonchev–Trinajstić information content (AvgIpc) is 3.40. The molecule has 1 aromatic carbocycles. The lowest BCUT2D eigenvalue weighted by atomic mass is 10.1. The maximum atomic E-state index is 12.8. The molecule has 126 valence electrons. The van der Waals surface area contributed by atoms with Gasteiger partial charge in [-0.15, -0.1) is 0 Å². The van der Waals surface area contributed by atoms with E-state index in [4.69, 9.17) is 9.47 Å². The normalized spacial score (nSPS) is 18.8. The Labute approximate surface area is 142 Å². The Morgan fingerprint density at radius 1 is 1.21 bits per heavy atom. The van der Waals surface area contributed by atoms with Gasteiger partial charge in [0.15, 0.2) is 0 Å². The second-order valence-corrected chi connectivity index (χ2v) is 6.09. The van der Waals surface area contributed by atoms with Crippen molar-refractivity contribution in [1.29, 1.82) is 0 Å². The first-order chi connectivity index (χ1) is 11.5. The lowest BCUT2D eigenvalue weighted by molar-refractivity contribution is -0.119. The molecule has 0 bridgehead atoms. The van der Waals surface area contributed by atoms with Crippen LogP contribution in [0.25, 0.3) is 0 Å². The van der Waals surface area contributed by atoms with Gasteiger partial charge >= 0.3 is 0 Å². The van der Waals surface area contributed by atoms with Crippen molar-refractivity contribution in [2.45, 2.75) is 19.3 Å². The fourth-order valence-electron chi connectivity index (χ4n) is 3.02. The van der Waals surface area contributed by atoms with Crippen LogP contribution in [0.3, 0.4) is 0 Å². The van der Waals surface area contributed by atoms with Crippen molar-refractivity contribution in [3.05, 3.63) is 47.7 Å². The number of rotatable bonds is 5. The number of carbonyl (C=O) groups excluding carboxylic acids is 1. The van der Waals surface area contributed by atoms with Crippen LogP contribution in [-0.4, -0.2) is 32.2 Å². The molecule has 3 rings (SSSR count). The summed E-state index contributed by atoms with van der Waals surface area (Å²) in [6.45, 7) is 1.92. The van der Waals surface area contributed by atoms with Crippen LogP contribution in [0, 0.1) is 12.8 Å². The van der Waals surface area contributed by atoms with E-state index in [1.807, 2.05) is 43.3 Å². The van der Waals surface area contributed by atoms with Gasteiger partial charge in [0.1, 0.15) is 17.3 Å². The first kappa shape index (κ1) is 16.3. The standard InChI is InChI=1S/C19H22N2O3/c1-12-6-5-7-18(20-12)21(2)19(22)16-11-14(16)15-10-13(23-3)8-9-17(15)24-4/h5-10,14,16H,11H2,1-4H3/t14-,16-/m0/s1. The molecule has 0 aliphatic heterocycles. The molecule has 5 heteroatoms. The molecule has 1 fully saturated rings. The smallest absolute Gasteiger partial charge is 0.231 e. The summed E-state index contributed by atoms with van der Waals surface area (Å²) in [5, 5.41) is 0. The number of methoxy groups -OCH3 is 2. The molecule has 1 aliphatic carbocycles. The number of hydrogen-bond acceptors (Lipinski definition) is 4. The highest BCUT2D eigenvalue weighted by atomic mass is 16.5. The molecular weight excluding hydrogens is 304 g/mol. The number of ether oxygens (including phenoxy) is 2. The summed E-state index contributed by atoms with van der Waals surface area (Å²) in [5.41, 5.74) is 1.93. The molecule has 0 N–H and O–H groups in total. The van der Waals surface area contributed by atoms with Crippen molar-refractivity contribution in [1.82, 2.24) is 4.98 Å². The van der Waals surface area contributed by atoms with Gasteiger partial charge < -0.3 is 9.47 Å². The molecule has 0 unspecified atom stereocenters. The minimum atomic E-state index is -0.0432. The van der Waals surface area contributed by atoms with Crippen molar-refractivity contribution >= 4 is 11.7 Å². The summed E-state index contributed by atoms with van der Waals surface area (Å²) in [5.74, 6) is 2.46. The van der Waals surface area contributed by atoms with Gasteiger partial charge in [-0.05, 0) is 43.7 Å². The highest BCUT2D eigenvalue weighted by Crippen LogP contribution is 2.52. The monoisotopic (exact) mass is 326 g/mol. The second kappa shape index (κ2) is 6.51. The molecule has 1 heterocycles. The van der Waals surface area contributed by atoms with Crippen molar-refractivity contribution in [3.63, 3.8) is 0 Å². The first-order valence-electron chi connectivity index (χ1n) is 7.98. The molecule has 2 atom stereocenters. The molecule has 24 heavy (non-hydrogen) atoms. The molecule has 0 saturated heterocycles. The van der Waals surface area contributed by atoms with Crippen LogP contribution in [0.1, 0.15) is 23.6 Å². The summed E-state index contributed by atoms with van der Waals surface area (Å²) in [6.07, 6.45) is 0.818. The maximum absolute atomic E-state index is 12.8. The molecule has 2 aromatic rings. The molecule has 0 radical (unpaired) electrons. The van der Waals surface area contributed by atoms with Gasteiger partial charge in [-0.25, -0.2) is 4.98 Å². The highest BCUT2D eigenvalue weighted by molar-refractivity contribution is 5.96. The third-order valence-corrected chi connectivity index (χ3v) is 4.49. The molecule has 1 amide bonds. The summed E-state index contributed by atoms with van der Waals surface area (Å²) in [7, 11) is 5.06. The fourth-order valence-corrected chi connectivity index (χ4v) is 3.02. The summed E-state index contributed by atoms with van der Waals surface area (Å²) < 4.78 is 10.7. The number of aryl methyl sites for hydroxylation is 1. The molecule has 0 spiro atoms. The summed E-state index contributed by atoms with van der Waals surface area (Å²) >= 11 is 0. The Balaban J connectivity index is 1.78. The van der Waals surface area contributed by atoms with Crippen LogP contribution in [0.4, 0.5) is 5.82 Å². The Kier molecular flexibility index (Phi) is 4.42. The largest absolute Gasteiger partial charge is 0.497 e. The average molecular weight is 326 g/mol. The van der Waals surface area contributed by atoms with Gasteiger partial charge in [-0.3, -0.25) is 9.69 Å². The number of anilines is 1. The number of nitrogens with zero attached hydrogens (tertiary/aromatic N) is 2. The number of hydrogen-bond donors (Lipinski definition) is 0. The van der Waals surface area contributed by atoms with Crippen LogP contribution >= 0.6 is 0 Å². The minimum Gasteiger partial charge on any atom is -0.497 e. The van der Waals surface area contributed by atoms with Crippen LogP contribution in [-0.2, 0) is 4.79 Å². The number of aromatic nitrogens is 1. The van der Waals surface area contributed by atoms with Crippen molar-refractivity contribution in [2.24, 2.45) is 5.92 Å². The van der Waals surface area contributed by atoms with Crippen LogP contribution in [0.2, 0.25) is 0 Å². The maximum Gasteiger partial charge on any atom is 0.231 e. The van der Waals surface area contributed by atoms with Gasteiger partial charge in [0.05, 0.1) is 14.2 Å². The van der Waals surface area contributed by atoms with Crippen LogP contribution in [0.15, 0.2) is 36.4 Å². The number of carbonyl (C=O) groups is 1. The zero-order valence-corrected chi connectivity index (χ0v) is 14.4.